The molecule has 2 aliphatic rings. The molecule has 18 heavy (non-hydrogen) atoms. The third-order valence-electron chi connectivity index (χ3n) is 4.28. The molecule has 0 spiro atoms. The number of rotatable bonds is 3. The van der Waals surface area contributed by atoms with Crippen LogP contribution in [0.4, 0.5) is 0 Å². The van der Waals surface area contributed by atoms with E-state index < -0.39 is 11.4 Å². The van der Waals surface area contributed by atoms with Gasteiger partial charge in [0.2, 0.25) is 0 Å². The van der Waals surface area contributed by atoms with Crippen molar-refractivity contribution in [3.05, 3.63) is 29.3 Å². The lowest BCUT2D eigenvalue weighted by Crippen LogP contribution is -2.39. The Bertz CT molecular complexity index is 477. The van der Waals surface area contributed by atoms with E-state index >= 15 is 0 Å². The van der Waals surface area contributed by atoms with E-state index in [0.29, 0.717) is 6.42 Å². The molecule has 2 nitrogen and oxygen atoms in total. The van der Waals surface area contributed by atoms with Gasteiger partial charge < -0.3 is 5.11 Å². The fourth-order valence-corrected chi connectivity index (χ4v) is 4.00. The molecular weight excluding hydrogens is 244 g/mol. The highest BCUT2D eigenvalue weighted by Crippen LogP contribution is 2.44. The van der Waals surface area contributed by atoms with Gasteiger partial charge in [-0.15, -0.1) is 11.8 Å². The number of hydrogen-bond acceptors (Lipinski definition) is 2. The van der Waals surface area contributed by atoms with E-state index in [1.807, 2.05) is 11.8 Å². The Morgan fingerprint density at radius 3 is 2.83 bits per heavy atom. The van der Waals surface area contributed by atoms with Crippen molar-refractivity contribution in [3.8, 4) is 0 Å². The van der Waals surface area contributed by atoms with Gasteiger partial charge >= 0.3 is 5.97 Å². The van der Waals surface area contributed by atoms with Crippen LogP contribution in [0.2, 0.25) is 0 Å². The van der Waals surface area contributed by atoms with E-state index in [2.05, 4.69) is 18.2 Å². The van der Waals surface area contributed by atoms with Gasteiger partial charge in [0.15, 0.2) is 0 Å². The van der Waals surface area contributed by atoms with Gasteiger partial charge in [0.25, 0.3) is 0 Å². The van der Waals surface area contributed by atoms with E-state index in [1.165, 1.54) is 28.2 Å². The van der Waals surface area contributed by atoms with Gasteiger partial charge in [0, 0.05) is 4.90 Å². The van der Waals surface area contributed by atoms with Gasteiger partial charge in [-0.25, -0.2) is 0 Å². The van der Waals surface area contributed by atoms with Crippen molar-refractivity contribution in [2.45, 2.75) is 43.4 Å². The first-order valence-corrected chi connectivity index (χ1v) is 7.66. The maximum absolute atomic E-state index is 11.4. The second kappa shape index (κ2) is 4.61. The molecule has 96 valence electrons. The van der Waals surface area contributed by atoms with Crippen molar-refractivity contribution in [3.63, 3.8) is 0 Å². The van der Waals surface area contributed by atoms with Gasteiger partial charge in [-0.3, -0.25) is 4.79 Å². The van der Waals surface area contributed by atoms with Crippen molar-refractivity contribution in [1.82, 2.24) is 0 Å². The summed E-state index contributed by atoms with van der Waals surface area (Å²) < 4.78 is 0. The van der Waals surface area contributed by atoms with Crippen LogP contribution in [0.3, 0.4) is 0 Å². The van der Waals surface area contributed by atoms with Crippen LogP contribution in [0, 0.1) is 5.41 Å². The number of thioether (sulfide) groups is 1. The van der Waals surface area contributed by atoms with Crippen LogP contribution in [-0.4, -0.2) is 16.8 Å². The molecule has 1 aromatic rings. The summed E-state index contributed by atoms with van der Waals surface area (Å²) >= 11 is 1.93. The van der Waals surface area contributed by atoms with Crippen LogP contribution in [0.1, 0.15) is 36.8 Å². The Labute approximate surface area is 112 Å². The topological polar surface area (TPSA) is 37.3 Å². The van der Waals surface area contributed by atoms with Crippen molar-refractivity contribution in [2.24, 2.45) is 5.41 Å². The average Bonchev–Trinajstić information content (AvgIpc) is 2.33. The van der Waals surface area contributed by atoms with E-state index in [4.69, 9.17) is 0 Å². The molecular formula is C15H18O2S. The van der Waals surface area contributed by atoms with Gasteiger partial charge in [-0.2, -0.15) is 0 Å². The molecule has 0 bridgehead atoms. The first-order chi connectivity index (χ1) is 8.70. The maximum Gasteiger partial charge on any atom is 0.309 e. The first-order valence-electron chi connectivity index (χ1n) is 6.68. The molecule has 1 N–H and O–H groups in total. The quantitative estimate of drug-likeness (QED) is 0.905. The highest BCUT2D eigenvalue weighted by atomic mass is 32.2. The summed E-state index contributed by atoms with van der Waals surface area (Å²) in [5, 5.41) is 9.38. The molecule has 1 aliphatic heterocycles. The van der Waals surface area contributed by atoms with E-state index in [9.17, 15) is 9.90 Å². The zero-order valence-electron chi connectivity index (χ0n) is 10.4. The second-order valence-electron chi connectivity index (χ2n) is 5.51. The minimum Gasteiger partial charge on any atom is -0.481 e. The largest absolute Gasteiger partial charge is 0.481 e. The molecule has 3 heteroatoms. The Morgan fingerprint density at radius 1 is 1.33 bits per heavy atom. The number of benzene rings is 1. The highest BCUT2D eigenvalue weighted by molar-refractivity contribution is 7.99. The molecule has 1 aromatic carbocycles. The smallest absolute Gasteiger partial charge is 0.309 e. The number of carboxylic acid groups (broad SMARTS) is 1. The first kappa shape index (κ1) is 12.1. The van der Waals surface area contributed by atoms with Crippen LogP contribution in [0.25, 0.3) is 0 Å². The number of carbonyl (C=O) groups is 1. The Morgan fingerprint density at radius 2 is 2.17 bits per heavy atom. The number of fused-ring (bicyclic) bond motifs is 1. The zero-order chi connectivity index (χ0) is 12.6. The minimum atomic E-state index is -0.610. The van der Waals surface area contributed by atoms with Crippen molar-refractivity contribution in [1.29, 1.82) is 0 Å². The fraction of sp³-hybridized carbons (Fsp3) is 0.533. The predicted molar refractivity (Wildman–Crippen MR) is 73.1 cm³/mol. The normalized spacial score (nSPS) is 20.9. The lowest BCUT2D eigenvalue weighted by Gasteiger charge is -2.38. The molecule has 3 rings (SSSR count). The summed E-state index contributed by atoms with van der Waals surface area (Å²) in [6.07, 6.45) is 5.84. The van der Waals surface area contributed by atoms with Crippen molar-refractivity contribution >= 4 is 17.7 Å². The fourth-order valence-electron chi connectivity index (χ4n) is 2.98. The molecule has 1 aliphatic carbocycles. The molecule has 1 fully saturated rings. The maximum atomic E-state index is 11.4. The summed E-state index contributed by atoms with van der Waals surface area (Å²) in [7, 11) is 0. The van der Waals surface area contributed by atoms with Crippen LogP contribution in [-0.2, 0) is 17.6 Å². The predicted octanol–water partition coefficient (Wildman–Crippen LogP) is 3.52. The molecule has 0 aromatic heterocycles. The number of carboxylic acids is 1. The third kappa shape index (κ3) is 2.05. The van der Waals surface area contributed by atoms with Crippen molar-refractivity contribution in [2.75, 3.05) is 5.75 Å². The molecule has 0 amide bonds. The monoisotopic (exact) mass is 262 g/mol. The van der Waals surface area contributed by atoms with E-state index in [-0.39, 0.29) is 0 Å². The molecule has 1 heterocycles. The summed E-state index contributed by atoms with van der Waals surface area (Å²) in [4.78, 5) is 12.8. The Kier molecular flexibility index (Phi) is 3.10. The summed E-state index contributed by atoms with van der Waals surface area (Å²) in [6.45, 7) is 0. The van der Waals surface area contributed by atoms with Crippen LogP contribution < -0.4 is 0 Å². The van der Waals surface area contributed by atoms with Gasteiger partial charge in [0.05, 0.1) is 5.41 Å². The molecule has 0 radical (unpaired) electrons. The number of aliphatic carboxylic acids is 1. The van der Waals surface area contributed by atoms with Gasteiger partial charge in [-0.1, -0.05) is 18.6 Å². The standard InChI is InChI=1S/C15H18O2S/c16-14(17)15(6-2-7-15)10-11-4-5-13-12(9-11)3-1-8-18-13/h4-5,9H,1-3,6-8,10H2,(H,16,17). The Hall–Kier alpha value is -0.960. The highest BCUT2D eigenvalue weighted by Gasteiger charge is 2.44. The summed E-state index contributed by atoms with van der Waals surface area (Å²) in [5.74, 6) is 0.603. The molecule has 0 atom stereocenters. The zero-order valence-corrected chi connectivity index (χ0v) is 11.3. The van der Waals surface area contributed by atoms with E-state index in [1.54, 1.807) is 0 Å². The van der Waals surface area contributed by atoms with Crippen molar-refractivity contribution < 1.29 is 9.90 Å². The lowest BCUT2D eigenvalue weighted by molar-refractivity contribution is -0.154. The van der Waals surface area contributed by atoms with Crippen LogP contribution >= 0.6 is 11.8 Å². The third-order valence-corrected chi connectivity index (χ3v) is 5.48. The SMILES string of the molecule is O=C(O)C1(Cc2ccc3c(c2)CCCS3)CCC1. The average molecular weight is 262 g/mol. The van der Waals surface area contributed by atoms with Crippen LogP contribution in [0.15, 0.2) is 23.1 Å². The van der Waals surface area contributed by atoms with Gasteiger partial charge in [-0.05, 0) is 55.1 Å². The molecule has 1 saturated carbocycles. The second-order valence-corrected chi connectivity index (χ2v) is 6.65. The summed E-state index contributed by atoms with van der Waals surface area (Å²) in [6, 6.07) is 6.55. The van der Waals surface area contributed by atoms with Crippen LogP contribution in [0.5, 0.6) is 0 Å². The molecule has 0 saturated heterocycles. The van der Waals surface area contributed by atoms with E-state index in [0.717, 1.165) is 25.7 Å². The number of hydrogen-bond donors (Lipinski definition) is 1. The van der Waals surface area contributed by atoms with Gasteiger partial charge in [0.1, 0.15) is 0 Å². The molecule has 0 unspecified atom stereocenters. The number of aryl methyl sites for hydroxylation is 1. The lowest BCUT2D eigenvalue weighted by atomic mass is 9.65. The Balaban J connectivity index is 1.82. The summed E-state index contributed by atoms with van der Waals surface area (Å²) in [5.41, 5.74) is 2.16. The minimum absolute atomic E-state index is 0.462.